The van der Waals surface area contributed by atoms with Gasteiger partial charge in [-0.3, -0.25) is 9.97 Å². The lowest BCUT2D eigenvalue weighted by Gasteiger charge is -1.99. The first-order chi connectivity index (χ1) is 8.25. The van der Waals surface area contributed by atoms with Crippen LogP contribution < -0.4 is 0 Å². The Morgan fingerprint density at radius 3 is 2.53 bits per heavy atom. The fourth-order valence-electron chi connectivity index (χ4n) is 1.64. The number of fused-ring (bicyclic) bond motifs is 1. The van der Waals surface area contributed by atoms with E-state index in [2.05, 4.69) is 14.7 Å². The third-order valence-electron chi connectivity index (χ3n) is 2.46. The zero-order chi connectivity index (χ0) is 11.8. The first kappa shape index (κ1) is 9.65. The van der Waals surface area contributed by atoms with Gasteiger partial charge in [-0.15, -0.1) is 0 Å². The second-order valence-electron chi connectivity index (χ2n) is 3.51. The lowest BCUT2D eigenvalue weighted by molar-refractivity contribution is 0.0444. The summed E-state index contributed by atoms with van der Waals surface area (Å²) < 4.78 is 4.48. The SMILES string of the molecule is O=C1OC(=O)c2cc(-c3ccccn3)ncc21. The third kappa shape index (κ3) is 1.48. The van der Waals surface area contributed by atoms with Crippen LogP contribution >= 0.6 is 0 Å². The topological polar surface area (TPSA) is 69.2 Å². The highest BCUT2D eigenvalue weighted by Gasteiger charge is 2.30. The molecule has 17 heavy (non-hydrogen) atoms. The highest BCUT2D eigenvalue weighted by Crippen LogP contribution is 2.23. The Labute approximate surface area is 96.1 Å². The molecule has 5 nitrogen and oxygen atoms in total. The van der Waals surface area contributed by atoms with Crippen molar-refractivity contribution in [3.05, 3.63) is 47.8 Å². The molecule has 3 heterocycles. The van der Waals surface area contributed by atoms with Crippen molar-refractivity contribution in [2.75, 3.05) is 0 Å². The minimum absolute atomic E-state index is 0.203. The molecule has 1 aliphatic rings. The largest absolute Gasteiger partial charge is 0.386 e. The second kappa shape index (κ2) is 3.48. The number of cyclic esters (lactones) is 2. The van der Waals surface area contributed by atoms with Crippen LogP contribution in [0.2, 0.25) is 0 Å². The highest BCUT2D eigenvalue weighted by molar-refractivity contribution is 6.14. The first-order valence-corrected chi connectivity index (χ1v) is 4.93. The molecule has 2 aromatic heterocycles. The Bertz CT molecular complexity index is 623. The fourth-order valence-corrected chi connectivity index (χ4v) is 1.64. The van der Waals surface area contributed by atoms with Gasteiger partial charge in [0.2, 0.25) is 0 Å². The number of pyridine rings is 2. The molecule has 0 saturated carbocycles. The Balaban J connectivity index is 2.15. The maximum absolute atomic E-state index is 11.4. The van der Waals surface area contributed by atoms with Gasteiger partial charge in [0.1, 0.15) is 0 Å². The van der Waals surface area contributed by atoms with Crippen LogP contribution in [-0.4, -0.2) is 21.9 Å². The van der Waals surface area contributed by atoms with Crippen LogP contribution in [0.25, 0.3) is 11.4 Å². The van der Waals surface area contributed by atoms with Crippen molar-refractivity contribution in [2.45, 2.75) is 0 Å². The number of esters is 2. The Kier molecular flexibility index (Phi) is 1.98. The average molecular weight is 226 g/mol. The Morgan fingerprint density at radius 1 is 0.941 bits per heavy atom. The summed E-state index contributed by atoms with van der Waals surface area (Å²) in [4.78, 5) is 30.8. The number of hydrogen-bond acceptors (Lipinski definition) is 5. The van der Waals surface area contributed by atoms with Crippen molar-refractivity contribution >= 4 is 11.9 Å². The molecule has 82 valence electrons. The van der Waals surface area contributed by atoms with Gasteiger partial charge in [0.25, 0.3) is 0 Å². The smallest absolute Gasteiger partial charge is 0.348 e. The van der Waals surface area contributed by atoms with Crippen LogP contribution in [0, 0.1) is 0 Å². The van der Waals surface area contributed by atoms with Gasteiger partial charge >= 0.3 is 11.9 Å². The quantitative estimate of drug-likeness (QED) is 0.543. The van der Waals surface area contributed by atoms with Gasteiger partial charge in [-0.1, -0.05) is 6.07 Å². The van der Waals surface area contributed by atoms with Gasteiger partial charge in [-0.05, 0) is 18.2 Å². The van der Waals surface area contributed by atoms with E-state index in [0.29, 0.717) is 11.4 Å². The zero-order valence-corrected chi connectivity index (χ0v) is 8.58. The number of ether oxygens (including phenoxy) is 1. The van der Waals surface area contributed by atoms with E-state index in [4.69, 9.17) is 0 Å². The lowest BCUT2D eigenvalue weighted by Crippen LogP contribution is -1.96. The van der Waals surface area contributed by atoms with Crippen molar-refractivity contribution in [2.24, 2.45) is 0 Å². The van der Waals surface area contributed by atoms with Crippen molar-refractivity contribution in [1.29, 1.82) is 0 Å². The van der Waals surface area contributed by atoms with Gasteiger partial charge in [-0.25, -0.2) is 9.59 Å². The fraction of sp³-hybridized carbons (Fsp3) is 0. The number of nitrogens with zero attached hydrogens (tertiary/aromatic N) is 2. The summed E-state index contributed by atoms with van der Waals surface area (Å²) >= 11 is 0. The van der Waals surface area contributed by atoms with E-state index >= 15 is 0 Å². The minimum Gasteiger partial charge on any atom is -0.386 e. The number of aromatic nitrogens is 2. The molecule has 0 spiro atoms. The molecule has 0 aliphatic carbocycles. The van der Waals surface area contributed by atoms with E-state index in [1.54, 1.807) is 18.3 Å². The summed E-state index contributed by atoms with van der Waals surface area (Å²) in [7, 11) is 0. The van der Waals surface area contributed by atoms with Crippen LogP contribution in [0.4, 0.5) is 0 Å². The van der Waals surface area contributed by atoms with Gasteiger partial charge in [0.15, 0.2) is 0 Å². The molecule has 1 aliphatic heterocycles. The Morgan fingerprint density at radius 2 is 1.76 bits per heavy atom. The van der Waals surface area contributed by atoms with E-state index in [1.807, 2.05) is 6.07 Å². The van der Waals surface area contributed by atoms with Gasteiger partial charge in [0.05, 0.1) is 22.5 Å². The van der Waals surface area contributed by atoms with E-state index in [1.165, 1.54) is 12.3 Å². The molecule has 0 fully saturated rings. The molecule has 0 atom stereocenters. The van der Waals surface area contributed by atoms with Crippen molar-refractivity contribution in [3.63, 3.8) is 0 Å². The molecule has 0 unspecified atom stereocenters. The molecule has 5 heteroatoms. The van der Waals surface area contributed by atoms with Gasteiger partial charge in [-0.2, -0.15) is 0 Å². The van der Waals surface area contributed by atoms with Gasteiger partial charge < -0.3 is 4.74 Å². The molecule has 0 saturated heterocycles. The molecule has 0 aromatic carbocycles. The maximum atomic E-state index is 11.4. The number of hydrogen-bond donors (Lipinski definition) is 0. The molecule has 0 bridgehead atoms. The monoisotopic (exact) mass is 226 g/mol. The normalized spacial score (nSPS) is 13.4. The number of carbonyl (C=O) groups excluding carboxylic acids is 2. The van der Waals surface area contributed by atoms with Crippen LogP contribution in [0.5, 0.6) is 0 Å². The molecule has 3 rings (SSSR count). The average Bonchev–Trinajstić information content (AvgIpc) is 2.66. The summed E-state index contributed by atoms with van der Waals surface area (Å²) in [5, 5.41) is 0. The van der Waals surface area contributed by atoms with Crippen LogP contribution in [0.1, 0.15) is 20.7 Å². The molecule has 2 aromatic rings. The molecule has 0 amide bonds. The predicted octanol–water partition coefficient (Wildman–Crippen LogP) is 1.45. The summed E-state index contributed by atoms with van der Waals surface area (Å²) in [5.74, 6) is -1.28. The van der Waals surface area contributed by atoms with Crippen molar-refractivity contribution in [3.8, 4) is 11.4 Å². The maximum Gasteiger partial charge on any atom is 0.348 e. The summed E-state index contributed by atoms with van der Waals surface area (Å²) in [5.41, 5.74) is 1.62. The lowest BCUT2D eigenvalue weighted by atomic mass is 10.1. The summed E-state index contributed by atoms with van der Waals surface area (Å²) in [6, 6.07) is 6.90. The minimum atomic E-state index is -0.648. The molecule has 0 radical (unpaired) electrons. The summed E-state index contributed by atoms with van der Waals surface area (Å²) in [6.45, 7) is 0. The standard InChI is InChI=1S/C12H6N2O3/c15-11-7-5-10(9-3-1-2-4-13-9)14-6-8(7)12(16)17-11/h1-6H. The third-order valence-corrected chi connectivity index (χ3v) is 2.46. The van der Waals surface area contributed by atoms with Crippen LogP contribution in [0.3, 0.4) is 0 Å². The van der Waals surface area contributed by atoms with E-state index < -0.39 is 11.9 Å². The molecule has 0 N–H and O–H groups in total. The molecular weight excluding hydrogens is 220 g/mol. The predicted molar refractivity (Wildman–Crippen MR) is 57.2 cm³/mol. The van der Waals surface area contributed by atoms with Gasteiger partial charge in [0, 0.05) is 12.4 Å². The zero-order valence-electron chi connectivity index (χ0n) is 8.58. The van der Waals surface area contributed by atoms with Crippen molar-refractivity contribution < 1.29 is 14.3 Å². The van der Waals surface area contributed by atoms with E-state index in [9.17, 15) is 9.59 Å². The van der Waals surface area contributed by atoms with E-state index in [-0.39, 0.29) is 11.1 Å². The number of rotatable bonds is 1. The number of carbonyl (C=O) groups is 2. The van der Waals surface area contributed by atoms with Crippen LogP contribution in [-0.2, 0) is 4.74 Å². The van der Waals surface area contributed by atoms with E-state index in [0.717, 1.165) is 0 Å². The first-order valence-electron chi connectivity index (χ1n) is 4.93. The second-order valence-corrected chi connectivity index (χ2v) is 3.51. The Hall–Kier alpha value is -2.56. The summed E-state index contributed by atoms with van der Waals surface area (Å²) in [6.07, 6.45) is 2.97. The molecular formula is C12H6N2O3. The highest BCUT2D eigenvalue weighted by atomic mass is 16.6. The van der Waals surface area contributed by atoms with Crippen molar-refractivity contribution in [1.82, 2.24) is 9.97 Å². The van der Waals surface area contributed by atoms with Crippen LogP contribution in [0.15, 0.2) is 36.7 Å².